The molecule has 18 heavy (non-hydrogen) atoms. The minimum absolute atomic E-state index is 0.0543. The lowest BCUT2D eigenvalue weighted by atomic mass is 10.5. The van der Waals surface area contributed by atoms with E-state index in [0.717, 1.165) is 4.57 Å². The van der Waals surface area contributed by atoms with Gasteiger partial charge in [0.05, 0.1) is 6.10 Å². The summed E-state index contributed by atoms with van der Waals surface area (Å²) in [6.07, 6.45) is -0.0543. The van der Waals surface area contributed by atoms with Gasteiger partial charge in [-0.05, 0) is 13.8 Å². The van der Waals surface area contributed by atoms with Gasteiger partial charge in [-0.3, -0.25) is 18.5 Å². The number of fused-ring (bicyclic) bond motifs is 1. The lowest BCUT2D eigenvalue weighted by molar-refractivity contribution is 0.216. The van der Waals surface area contributed by atoms with Crippen LogP contribution in [0.2, 0.25) is 0 Å². The molecule has 2 rings (SSSR count). The number of aromatic nitrogens is 4. The first kappa shape index (κ1) is 12.4. The number of ether oxygens (including phenoxy) is 1. The van der Waals surface area contributed by atoms with E-state index < -0.39 is 5.69 Å². The maximum atomic E-state index is 12.1. The largest absolute Gasteiger partial charge is 0.462 e. The average Bonchev–Trinajstić information content (AvgIpc) is 2.61. The Kier molecular flexibility index (Phi) is 2.76. The van der Waals surface area contributed by atoms with E-state index in [-0.39, 0.29) is 11.7 Å². The fourth-order valence-electron chi connectivity index (χ4n) is 1.81. The molecule has 0 aromatic carbocycles. The summed E-state index contributed by atoms with van der Waals surface area (Å²) in [4.78, 5) is 28.0. The zero-order chi connectivity index (χ0) is 13.6. The maximum Gasteiger partial charge on any atom is 0.332 e. The van der Waals surface area contributed by atoms with Crippen molar-refractivity contribution in [1.29, 1.82) is 0 Å². The molecule has 0 amide bonds. The van der Waals surface area contributed by atoms with Crippen molar-refractivity contribution in [3.8, 4) is 6.01 Å². The molecular weight excluding hydrogens is 236 g/mol. The van der Waals surface area contributed by atoms with Crippen LogP contribution in [0.3, 0.4) is 0 Å². The number of imidazole rings is 1. The Balaban J connectivity index is 2.89. The summed E-state index contributed by atoms with van der Waals surface area (Å²) in [6, 6.07) is 0.332. The first-order valence-electron chi connectivity index (χ1n) is 5.63. The van der Waals surface area contributed by atoms with E-state index in [2.05, 4.69) is 4.98 Å². The van der Waals surface area contributed by atoms with Gasteiger partial charge in [0.15, 0.2) is 11.2 Å². The van der Waals surface area contributed by atoms with Crippen LogP contribution in [0, 0.1) is 0 Å². The molecule has 0 aliphatic carbocycles. The van der Waals surface area contributed by atoms with Gasteiger partial charge in [-0.25, -0.2) is 4.79 Å². The summed E-state index contributed by atoms with van der Waals surface area (Å²) >= 11 is 0. The smallest absolute Gasteiger partial charge is 0.332 e. The average molecular weight is 252 g/mol. The van der Waals surface area contributed by atoms with Gasteiger partial charge in [0.1, 0.15) is 0 Å². The molecule has 2 heterocycles. The quantitative estimate of drug-likeness (QED) is 0.739. The van der Waals surface area contributed by atoms with Crippen molar-refractivity contribution in [2.45, 2.75) is 20.0 Å². The van der Waals surface area contributed by atoms with Gasteiger partial charge in [-0.1, -0.05) is 0 Å². The number of hydrogen-bond acceptors (Lipinski definition) is 4. The van der Waals surface area contributed by atoms with Gasteiger partial charge in [0.2, 0.25) is 0 Å². The molecule has 0 fully saturated rings. The highest BCUT2D eigenvalue weighted by Gasteiger charge is 2.18. The summed E-state index contributed by atoms with van der Waals surface area (Å²) < 4.78 is 9.47. The van der Waals surface area contributed by atoms with Crippen LogP contribution in [0.15, 0.2) is 9.59 Å². The lowest BCUT2D eigenvalue weighted by Gasteiger charge is -2.07. The fourth-order valence-corrected chi connectivity index (χ4v) is 1.81. The van der Waals surface area contributed by atoms with Crippen LogP contribution in [-0.2, 0) is 21.1 Å². The first-order chi connectivity index (χ1) is 8.34. The van der Waals surface area contributed by atoms with Crippen molar-refractivity contribution in [1.82, 2.24) is 18.7 Å². The molecule has 2 aromatic rings. The van der Waals surface area contributed by atoms with Crippen LogP contribution in [0.1, 0.15) is 13.8 Å². The molecule has 0 bridgehead atoms. The first-order valence-corrected chi connectivity index (χ1v) is 5.63. The molecule has 0 atom stereocenters. The predicted molar refractivity (Wildman–Crippen MR) is 67.0 cm³/mol. The van der Waals surface area contributed by atoms with Crippen LogP contribution >= 0.6 is 0 Å². The Morgan fingerprint density at radius 3 is 2.22 bits per heavy atom. The Labute approximate surface area is 103 Å². The number of aryl methyl sites for hydroxylation is 2. The lowest BCUT2D eigenvalue weighted by Crippen LogP contribution is -2.37. The highest BCUT2D eigenvalue weighted by Crippen LogP contribution is 2.16. The van der Waals surface area contributed by atoms with E-state index in [0.29, 0.717) is 17.2 Å². The molecule has 2 aromatic heterocycles. The van der Waals surface area contributed by atoms with Crippen LogP contribution in [0.5, 0.6) is 6.01 Å². The van der Waals surface area contributed by atoms with Gasteiger partial charge in [-0.15, -0.1) is 0 Å². The fraction of sp³-hybridized carbons (Fsp3) is 0.545. The SMILES string of the molecule is CC(C)Oc1nc2c(c(=O)n(C)c(=O)n2C)n1C. The second kappa shape index (κ2) is 4.01. The second-order valence-electron chi connectivity index (χ2n) is 4.50. The Morgan fingerprint density at radius 2 is 1.67 bits per heavy atom. The molecule has 0 saturated carbocycles. The van der Waals surface area contributed by atoms with Crippen LogP contribution in [0.25, 0.3) is 11.2 Å². The zero-order valence-corrected chi connectivity index (χ0v) is 11.1. The van der Waals surface area contributed by atoms with E-state index in [9.17, 15) is 9.59 Å². The van der Waals surface area contributed by atoms with E-state index in [1.165, 1.54) is 11.6 Å². The van der Waals surface area contributed by atoms with Gasteiger partial charge in [-0.2, -0.15) is 4.98 Å². The van der Waals surface area contributed by atoms with Gasteiger partial charge in [0, 0.05) is 21.1 Å². The normalized spacial score (nSPS) is 11.4. The molecule has 98 valence electrons. The molecule has 0 spiro atoms. The van der Waals surface area contributed by atoms with E-state index in [1.807, 2.05) is 13.8 Å². The molecular formula is C11H16N4O3. The topological polar surface area (TPSA) is 71.1 Å². The van der Waals surface area contributed by atoms with Gasteiger partial charge < -0.3 is 4.74 Å². The van der Waals surface area contributed by atoms with Gasteiger partial charge in [0.25, 0.3) is 11.6 Å². The monoisotopic (exact) mass is 252 g/mol. The molecule has 0 radical (unpaired) electrons. The van der Waals surface area contributed by atoms with Gasteiger partial charge >= 0.3 is 5.69 Å². The molecule has 7 heteroatoms. The minimum atomic E-state index is -0.401. The van der Waals surface area contributed by atoms with E-state index in [1.54, 1.807) is 18.7 Å². The zero-order valence-electron chi connectivity index (χ0n) is 11.1. The van der Waals surface area contributed by atoms with Crippen molar-refractivity contribution < 1.29 is 4.74 Å². The van der Waals surface area contributed by atoms with Crippen molar-refractivity contribution >= 4 is 11.2 Å². The Bertz CT molecular complexity index is 720. The molecule has 0 aliphatic rings. The van der Waals surface area contributed by atoms with Crippen molar-refractivity contribution in [2.75, 3.05) is 0 Å². The summed E-state index contributed by atoms with van der Waals surface area (Å²) in [5, 5.41) is 0. The standard InChI is InChI=1S/C11H16N4O3/c1-6(2)18-10-12-8-7(13(10)3)9(16)15(5)11(17)14(8)4/h6H,1-5H3. The maximum absolute atomic E-state index is 12.1. The number of nitrogens with zero attached hydrogens (tertiary/aromatic N) is 4. The van der Waals surface area contributed by atoms with Crippen molar-refractivity contribution in [3.63, 3.8) is 0 Å². The van der Waals surface area contributed by atoms with E-state index in [4.69, 9.17) is 4.74 Å². The Morgan fingerprint density at radius 1 is 1.06 bits per heavy atom. The third-order valence-corrected chi connectivity index (χ3v) is 2.78. The molecule has 0 saturated heterocycles. The number of hydrogen-bond donors (Lipinski definition) is 0. The summed E-state index contributed by atoms with van der Waals surface area (Å²) in [7, 11) is 4.72. The van der Waals surface area contributed by atoms with Crippen molar-refractivity contribution in [3.05, 3.63) is 20.8 Å². The minimum Gasteiger partial charge on any atom is -0.462 e. The molecule has 0 aliphatic heterocycles. The third kappa shape index (κ3) is 1.62. The Hall–Kier alpha value is -2.05. The van der Waals surface area contributed by atoms with Crippen LogP contribution in [-0.4, -0.2) is 24.8 Å². The highest BCUT2D eigenvalue weighted by atomic mass is 16.5. The summed E-state index contributed by atoms with van der Waals surface area (Å²) in [5.41, 5.74) is -0.0834. The van der Waals surface area contributed by atoms with Crippen LogP contribution < -0.4 is 16.0 Å². The molecule has 0 N–H and O–H groups in total. The predicted octanol–water partition coefficient (Wildman–Crippen LogP) is -0.242. The molecule has 0 unspecified atom stereocenters. The van der Waals surface area contributed by atoms with E-state index >= 15 is 0 Å². The number of rotatable bonds is 2. The summed E-state index contributed by atoms with van der Waals surface area (Å²) in [5.74, 6) is 0. The second-order valence-corrected chi connectivity index (χ2v) is 4.50. The summed E-state index contributed by atoms with van der Waals surface area (Å²) in [6.45, 7) is 3.74. The molecule has 7 nitrogen and oxygen atoms in total. The van der Waals surface area contributed by atoms with Crippen LogP contribution in [0.4, 0.5) is 0 Å². The third-order valence-electron chi connectivity index (χ3n) is 2.78. The van der Waals surface area contributed by atoms with Crippen molar-refractivity contribution in [2.24, 2.45) is 21.1 Å². The highest BCUT2D eigenvalue weighted by molar-refractivity contribution is 5.71.